The van der Waals surface area contributed by atoms with Crippen LogP contribution in [0.3, 0.4) is 0 Å². The average Bonchev–Trinajstić information content (AvgIpc) is 2.41. The summed E-state index contributed by atoms with van der Waals surface area (Å²) in [5.74, 6) is 0.618. The maximum absolute atomic E-state index is 11.8. The Balaban J connectivity index is 1.80. The summed E-state index contributed by atoms with van der Waals surface area (Å²) < 4.78 is 6.41. The van der Waals surface area contributed by atoms with Crippen molar-refractivity contribution in [1.82, 2.24) is 0 Å². The van der Waals surface area contributed by atoms with Crippen molar-refractivity contribution in [1.29, 1.82) is 0 Å². The molecule has 0 radical (unpaired) electrons. The number of hydrogen-bond donors (Lipinski definition) is 2. The zero-order valence-electron chi connectivity index (χ0n) is 10.8. The number of halogens is 1. The molecule has 0 bridgehead atoms. The van der Waals surface area contributed by atoms with E-state index < -0.39 is 0 Å². The first-order chi connectivity index (χ1) is 9.65. The minimum atomic E-state index is -0.109. The molecule has 2 rings (SSSR count). The van der Waals surface area contributed by atoms with Crippen LogP contribution in [0.2, 0.25) is 0 Å². The van der Waals surface area contributed by atoms with Crippen molar-refractivity contribution in [2.24, 2.45) is 0 Å². The standard InChI is InChI=1S/C15H15BrN2O2/c16-13-6-1-2-7-14(13)20-9-8-15(19)18-12-5-3-4-11(17)10-12/h1-7,10H,8-9,17H2,(H,18,19). The van der Waals surface area contributed by atoms with Crippen molar-refractivity contribution in [3.63, 3.8) is 0 Å². The maximum Gasteiger partial charge on any atom is 0.227 e. The van der Waals surface area contributed by atoms with Crippen molar-refractivity contribution in [2.75, 3.05) is 17.7 Å². The number of carbonyl (C=O) groups is 1. The number of anilines is 2. The molecule has 0 saturated carbocycles. The summed E-state index contributed by atoms with van der Waals surface area (Å²) in [5.41, 5.74) is 6.95. The van der Waals surface area contributed by atoms with E-state index in [1.54, 1.807) is 24.3 Å². The van der Waals surface area contributed by atoms with Crippen LogP contribution in [0.15, 0.2) is 53.0 Å². The van der Waals surface area contributed by atoms with Crippen molar-refractivity contribution >= 4 is 33.2 Å². The van der Waals surface area contributed by atoms with Gasteiger partial charge in [0.1, 0.15) is 5.75 Å². The molecule has 0 heterocycles. The summed E-state index contributed by atoms with van der Waals surface area (Å²) in [6.45, 7) is 0.316. The van der Waals surface area contributed by atoms with E-state index in [1.165, 1.54) is 0 Å². The number of ether oxygens (including phenoxy) is 1. The molecular weight excluding hydrogens is 320 g/mol. The lowest BCUT2D eigenvalue weighted by molar-refractivity contribution is -0.116. The second-order valence-corrected chi connectivity index (χ2v) is 5.06. The molecule has 0 atom stereocenters. The predicted octanol–water partition coefficient (Wildman–Crippen LogP) is 3.44. The Hall–Kier alpha value is -2.01. The lowest BCUT2D eigenvalue weighted by atomic mass is 10.3. The van der Waals surface area contributed by atoms with Crippen molar-refractivity contribution in [3.05, 3.63) is 53.0 Å². The molecule has 3 N–H and O–H groups in total. The van der Waals surface area contributed by atoms with Gasteiger partial charge in [0.05, 0.1) is 17.5 Å². The minimum absolute atomic E-state index is 0.109. The molecule has 0 aliphatic heterocycles. The first kappa shape index (κ1) is 14.4. The van der Waals surface area contributed by atoms with Gasteiger partial charge < -0.3 is 15.8 Å². The third kappa shape index (κ3) is 4.28. The van der Waals surface area contributed by atoms with E-state index >= 15 is 0 Å². The Morgan fingerprint density at radius 3 is 2.75 bits per heavy atom. The lowest BCUT2D eigenvalue weighted by Crippen LogP contribution is -2.15. The Bertz CT molecular complexity index is 602. The van der Waals surface area contributed by atoms with Crippen LogP contribution in [0.25, 0.3) is 0 Å². The highest BCUT2D eigenvalue weighted by atomic mass is 79.9. The first-order valence-corrected chi connectivity index (χ1v) is 6.97. The number of carbonyl (C=O) groups excluding carboxylic acids is 1. The Morgan fingerprint density at radius 2 is 2.00 bits per heavy atom. The molecule has 0 aliphatic rings. The molecule has 2 aromatic rings. The molecular formula is C15H15BrN2O2. The molecule has 2 aromatic carbocycles. The van der Waals surface area contributed by atoms with E-state index in [4.69, 9.17) is 10.5 Å². The summed E-state index contributed by atoms with van der Waals surface area (Å²) in [7, 11) is 0. The summed E-state index contributed by atoms with van der Waals surface area (Å²) in [4.78, 5) is 11.8. The third-order valence-electron chi connectivity index (χ3n) is 2.59. The van der Waals surface area contributed by atoms with Gasteiger partial charge in [-0.2, -0.15) is 0 Å². The number of nitrogens with two attached hydrogens (primary N) is 1. The van der Waals surface area contributed by atoms with Crippen LogP contribution in [0.5, 0.6) is 5.75 Å². The van der Waals surface area contributed by atoms with E-state index in [1.807, 2.05) is 24.3 Å². The van der Waals surface area contributed by atoms with Crippen LogP contribution in [0.1, 0.15) is 6.42 Å². The SMILES string of the molecule is Nc1cccc(NC(=O)CCOc2ccccc2Br)c1. The molecule has 1 amide bonds. The topological polar surface area (TPSA) is 64.3 Å². The number of amides is 1. The van der Waals surface area contributed by atoms with Crippen molar-refractivity contribution in [3.8, 4) is 5.75 Å². The third-order valence-corrected chi connectivity index (χ3v) is 3.25. The Labute approximate surface area is 126 Å². The van der Waals surface area contributed by atoms with E-state index in [9.17, 15) is 4.79 Å². The number of rotatable bonds is 5. The molecule has 20 heavy (non-hydrogen) atoms. The maximum atomic E-state index is 11.8. The Morgan fingerprint density at radius 1 is 1.20 bits per heavy atom. The molecule has 0 unspecified atom stereocenters. The van der Waals surface area contributed by atoms with Gasteiger partial charge in [0.2, 0.25) is 5.91 Å². The molecule has 4 nitrogen and oxygen atoms in total. The van der Waals surface area contributed by atoms with Gasteiger partial charge in [0, 0.05) is 11.4 Å². The zero-order valence-corrected chi connectivity index (χ0v) is 12.4. The highest BCUT2D eigenvalue weighted by Gasteiger charge is 2.04. The molecule has 0 spiro atoms. The molecule has 0 aliphatic carbocycles. The molecule has 5 heteroatoms. The van der Waals surface area contributed by atoms with Gasteiger partial charge in [-0.25, -0.2) is 0 Å². The van der Waals surface area contributed by atoms with Crippen LogP contribution in [-0.2, 0) is 4.79 Å². The predicted molar refractivity (Wildman–Crippen MR) is 83.7 cm³/mol. The van der Waals surface area contributed by atoms with Gasteiger partial charge in [0.25, 0.3) is 0 Å². The van der Waals surface area contributed by atoms with Gasteiger partial charge in [-0.15, -0.1) is 0 Å². The molecule has 104 valence electrons. The highest BCUT2D eigenvalue weighted by Crippen LogP contribution is 2.23. The first-order valence-electron chi connectivity index (χ1n) is 6.18. The number of hydrogen-bond acceptors (Lipinski definition) is 3. The van der Waals surface area contributed by atoms with Crippen LogP contribution >= 0.6 is 15.9 Å². The average molecular weight is 335 g/mol. The van der Waals surface area contributed by atoms with Crippen LogP contribution in [0, 0.1) is 0 Å². The second-order valence-electron chi connectivity index (χ2n) is 4.20. The summed E-state index contributed by atoms with van der Waals surface area (Å²) >= 11 is 3.39. The van der Waals surface area contributed by atoms with Gasteiger partial charge in [-0.05, 0) is 46.3 Å². The summed E-state index contributed by atoms with van der Waals surface area (Å²) in [5, 5.41) is 2.77. The quantitative estimate of drug-likeness (QED) is 0.823. The van der Waals surface area contributed by atoms with E-state index in [-0.39, 0.29) is 12.3 Å². The Kier molecular flexibility index (Phi) is 5.01. The molecule has 0 saturated heterocycles. The number of para-hydroxylation sites is 1. The molecule has 0 aromatic heterocycles. The normalized spacial score (nSPS) is 10.1. The van der Waals surface area contributed by atoms with Gasteiger partial charge in [0.15, 0.2) is 0 Å². The lowest BCUT2D eigenvalue weighted by Gasteiger charge is -2.08. The van der Waals surface area contributed by atoms with Crippen LogP contribution in [-0.4, -0.2) is 12.5 Å². The smallest absolute Gasteiger partial charge is 0.227 e. The fraction of sp³-hybridized carbons (Fsp3) is 0.133. The summed E-state index contributed by atoms with van der Waals surface area (Å²) in [6.07, 6.45) is 0.274. The van der Waals surface area contributed by atoms with Crippen LogP contribution in [0.4, 0.5) is 11.4 Å². The molecule has 0 fully saturated rings. The monoisotopic (exact) mass is 334 g/mol. The van der Waals surface area contributed by atoms with E-state index in [0.717, 1.165) is 10.2 Å². The van der Waals surface area contributed by atoms with Crippen LogP contribution < -0.4 is 15.8 Å². The van der Waals surface area contributed by atoms with E-state index in [2.05, 4.69) is 21.2 Å². The van der Waals surface area contributed by atoms with Crippen molar-refractivity contribution in [2.45, 2.75) is 6.42 Å². The van der Waals surface area contributed by atoms with Crippen molar-refractivity contribution < 1.29 is 9.53 Å². The summed E-state index contributed by atoms with van der Waals surface area (Å²) in [6, 6.07) is 14.6. The fourth-order valence-electron chi connectivity index (χ4n) is 1.66. The van der Waals surface area contributed by atoms with Gasteiger partial charge in [-0.3, -0.25) is 4.79 Å². The number of benzene rings is 2. The van der Waals surface area contributed by atoms with Gasteiger partial charge >= 0.3 is 0 Å². The number of nitrogens with one attached hydrogen (secondary N) is 1. The second kappa shape index (κ2) is 6.96. The zero-order chi connectivity index (χ0) is 14.4. The number of nitrogen functional groups attached to an aromatic ring is 1. The minimum Gasteiger partial charge on any atom is -0.492 e. The van der Waals surface area contributed by atoms with E-state index in [0.29, 0.717) is 18.0 Å². The van der Waals surface area contributed by atoms with Gasteiger partial charge in [-0.1, -0.05) is 18.2 Å². The fourth-order valence-corrected chi connectivity index (χ4v) is 2.05. The highest BCUT2D eigenvalue weighted by molar-refractivity contribution is 9.10. The largest absolute Gasteiger partial charge is 0.492 e.